The van der Waals surface area contributed by atoms with Crippen LogP contribution < -0.4 is 10.3 Å². The molecule has 1 heterocycles. The lowest BCUT2D eigenvalue weighted by atomic mass is 10.1. The highest BCUT2D eigenvalue weighted by atomic mass is 79.9. The van der Waals surface area contributed by atoms with E-state index in [1.54, 1.807) is 42.5 Å². The molecule has 0 amide bonds. The zero-order valence-corrected chi connectivity index (χ0v) is 23.6. The molecule has 0 bridgehead atoms. The Morgan fingerprint density at radius 3 is 2.68 bits per heavy atom. The number of hydrogen-bond donors (Lipinski definition) is 0. The molecule has 38 heavy (non-hydrogen) atoms. The molecule has 1 aromatic heterocycles. The fourth-order valence-corrected chi connectivity index (χ4v) is 4.62. The third-order valence-electron chi connectivity index (χ3n) is 5.97. The Morgan fingerprint density at radius 1 is 1.21 bits per heavy atom. The van der Waals surface area contributed by atoms with Crippen molar-refractivity contribution >= 4 is 54.7 Å². The predicted octanol–water partition coefficient (Wildman–Crippen LogP) is 6.68. The Bertz CT molecular complexity index is 1680. The van der Waals surface area contributed by atoms with Gasteiger partial charge in [0.05, 0.1) is 33.7 Å². The van der Waals surface area contributed by atoms with E-state index < -0.39 is 4.92 Å². The molecule has 3 aromatic carbocycles. The van der Waals surface area contributed by atoms with E-state index >= 15 is 0 Å². The maximum atomic E-state index is 13.5. The average Bonchev–Trinajstić information content (AvgIpc) is 2.91. The second-order valence-electron chi connectivity index (χ2n) is 8.46. The van der Waals surface area contributed by atoms with Crippen LogP contribution in [0.1, 0.15) is 48.7 Å². The number of rotatable bonds is 8. The van der Waals surface area contributed by atoms with Crippen molar-refractivity contribution in [3.8, 4) is 11.8 Å². The largest absolute Gasteiger partial charge is 0.481 e. The summed E-state index contributed by atoms with van der Waals surface area (Å²) in [5.41, 5.74) is 1.16. The molecule has 0 saturated heterocycles. The van der Waals surface area contributed by atoms with Crippen molar-refractivity contribution in [2.75, 3.05) is 0 Å². The molecule has 9 nitrogen and oxygen atoms in total. The van der Waals surface area contributed by atoms with Gasteiger partial charge in [-0.2, -0.15) is 15.0 Å². The molecule has 0 N–H and O–H groups in total. The van der Waals surface area contributed by atoms with Gasteiger partial charge in [0.1, 0.15) is 12.4 Å². The smallest absolute Gasteiger partial charge is 0.312 e. The number of nitrogens with zero attached hydrogens (tertiary/aromatic N) is 5. The molecule has 0 aliphatic heterocycles. The van der Waals surface area contributed by atoms with Crippen molar-refractivity contribution in [1.29, 1.82) is 5.26 Å². The minimum atomic E-state index is -0.556. The zero-order chi connectivity index (χ0) is 27.4. The number of ether oxygens (including phenoxy) is 1. The number of aromatic nitrogens is 2. The van der Waals surface area contributed by atoms with Gasteiger partial charge in [-0.15, -0.1) is 0 Å². The maximum absolute atomic E-state index is 13.5. The van der Waals surface area contributed by atoms with Crippen molar-refractivity contribution < 1.29 is 9.66 Å². The Hall–Kier alpha value is -3.88. The van der Waals surface area contributed by atoms with Crippen LogP contribution in [0.3, 0.4) is 0 Å². The average molecular weight is 639 g/mol. The molecule has 0 saturated carbocycles. The van der Waals surface area contributed by atoms with E-state index in [0.717, 1.165) is 10.9 Å². The molecule has 0 aliphatic carbocycles. The first-order chi connectivity index (χ1) is 18.2. The normalized spacial score (nSPS) is 12.0. The molecule has 1 atom stereocenters. The second-order valence-corrected chi connectivity index (χ2v) is 10.3. The van der Waals surface area contributed by atoms with Gasteiger partial charge in [-0.3, -0.25) is 14.9 Å². The first-order valence-electron chi connectivity index (χ1n) is 11.6. The summed E-state index contributed by atoms with van der Waals surface area (Å²) in [5, 5.41) is 26.1. The second kappa shape index (κ2) is 11.7. The highest BCUT2D eigenvalue weighted by Gasteiger charge is 2.22. The number of nitro groups is 1. The molecular formula is C27H21Br2N5O4. The van der Waals surface area contributed by atoms with Gasteiger partial charge >= 0.3 is 5.69 Å². The van der Waals surface area contributed by atoms with Gasteiger partial charge in [0.25, 0.3) is 5.56 Å². The Morgan fingerprint density at radius 2 is 1.97 bits per heavy atom. The zero-order valence-electron chi connectivity index (χ0n) is 20.4. The third-order valence-corrected chi connectivity index (χ3v) is 6.92. The summed E-state index contributed by atoms with van der Waals surface area (Å²) in [6.07, 6.45) is 2.07. The lowest BCUT2D eigenvalue weighted by Crippen LogP contribution is -2.23. The van der Waals surface area contributed by atoms with Crippen molar-refractivity contribution in [3.05, 3.63) is 107 Å². The van der Waals surface area contributed by atoms with E-state index in [1.807, 2.05) is 19.9 Å². The lowest BCUT2D eigenvalue weighted by molar-refractivity contribution is -0.386. The van der Waals surface area contributed by atoms with Gasteiger partial charge in [0.15, 0.2) is 0 Å². The maximum Gasteiger partial charge on any atom is 0.312 e. The van der Waals surface area contributed by atoms with Crippen LogP contribution in [0, 0.1) is 21.4 Å². The molecular weight excluding hydrogens is 618 g/mol. The Labute approximate surface area is 234 Å². The standard InChI is InChI=1S/C27H21Br2N5O4/c1-3-16(2)26-32-23-9-8-20(28)11-22(23)27(35)33(26)31-14-19-10-21(29)12-24(34(36)37)25(19)38-15-18-7-5-4-6-17(18)13-30/h4-12,14,16H,3,15H2,1-2H3/t16-/m0/s1. The minimum Gasteiger partial charge on any atom is -0.481 e. The van der Waals surface area contributed by atoms with Crippen molar-refractivity contribution in [1.82, 2.24) is 9.66 Å². The summed E-state index contributed by atoms with van der Waals surface area (Å²) in [7, 11) is 0. The van der Waals surface area contributed by atoms with Crippen LogP contribution in [0.5, 0.6) is 5.75 Å². The number of benzene rings is 3. The summed E-state index contributed by atoms with van der Waals surface area (Å²) < 4.78 is 8.29. The van der Waals surface area contributed by atoms with Gasteiger partial charge in [0.2, 0.25) is 5.75 Å². The number of nitriles is 1. The molecule has 11 heteroatoms. The van der Waals surface area contributed by atoms with Crippen LogP contribution in [0.25, 0.3) is 10.9 Å². The van der Waals surface area contributed by atoms with Gasteiger partial charge in [-0.05, 0) is 36.8 Å². The van der Waals surface area contributed by atoms with Crippen LogP contribution in [-0.4, -0.2) is 20.8 Å². The highest BCUT2D eigenvalue weighted by molar-refractivity contribution is 9.10. The molecule has 0 spiro atoms. The van der Waals surface area contributed by atoms with Crippen molar-refractivity contribution in [2.24, 2.45) is 5.10 Å². The summed E-state index contributed by atoms with van der Waals surface area (Å²) in [5.74, 6) is 0.353. The van der Waals surface area contributed by atoms with Crippen LogP contribution in [-0.2, 0) is 6.61 Å². The van der Waals surface area contributed by atoms with E-state index in [9.17, 15) is 20.2 Å². The van der Waals surface area contributed by atoms with Gasteiger partial charge in [-0.1, -0.05) is 63.9 Å². The fourth-order valence-electron chi connectivity index (χ4n) is 3.79. The van der Waals surface area contributed by atoms with Gasteiger partial charge < -0.3 is 4.74 Å². The molecule has 0 fully saturated rings. The molecule has 4 rings (SSSR count). The Kier molecular flexibility index (Phi) is 8.34. The van der Waals surface area contributed by atoms with Crippen LogP contribution in [0.4, 0.5) is 5.69 Å². The molecule has 0 aliphatic rings. The first-order valence-corrected chi connectivity index (χ1v) is 13.2. The number of fused-ring (bicyclic) bond motifs is 1. The summed E-state index contributed by atoms with van der Waals surface area (Å²) >= 11 is 6.71. The van der Waals surface area contributed by atoms with Gasteiger partial charge in [0, 0.05) is 32.1 Å². The lowest BCUT2D eigenvalue weighted by Gasteiger charge is -2.14. The minimum absolute atomic E-state index is 0.0377. The van der Waals surface area contributed by atoms with E-state index in [1.165, 1.54) is 17.0 Å². The fraction of sp³-hybridized carbons (Fsp3) is 0.185. The number of nitro benzene ring substituents is 1. The quantitative estimate of drug-likeness (QED) is 0.121. The molecule has 192 valence electrons. The SMILES string of the molecule is CC[C@H](C)c1nc2ccc(Br)cc2c(=O)n1N=Cc1cc(Br)cc([N+](=O)[O-])c1OCc1ccccc1C#N. The molecule has 0 radical (unpaired) electrons. The first kappa shape index (κ1) is 27.2. The predicted molar refractivity (Wildman–Crippen MR) is 152 cm³/mol. The third kappa shape index (κ3) is 5.66. The highest BCUT2D eigenvalue weighted by Crippen LogP contribution is 2.35. The van der Waals surface area contributed by atoms with E-state index in [0.29, 0.717) is 32.3 Å². The van der Waals surface area contributed by atoms with E-state index in [-0.39, 0.29) is 35.1 Å². The van der Waals surface area contributed by atoms with Crippen LogP contribution in [0.15, 0.2) is 73.4 Å². The van der Waals surface area contributed by atoms with E-state index in [4.69, 9.17) is 9.72 Å². The van der Waals surface area contributed by atoms with Crippen LogP contribution in [0.2, 0.25) is 0 Å². The molecule has 0 unspecified atom stereocenters. The monoisotopic (exact) mass is 637 g/mol. The Balaban J connectivity index is 1.85. The summed E-state index contributed by atoms with van der Waals surface area (Å²) in [6, 6.07) is 17.1. The number of halogens is 2. The molecule has 4 aromatic rings. The van der Waals surface area contributed by atoms with Crippen molar-refractivity contribution in [3.63, 3.8) is 0 Å². The summed E-state index contributed by atoms with van der Waals surface area (Å²) in [4.78, 5) is 29.5. The van der Waals surface area contributed by atoms with E-state index in [2.05, 4.69) is 43.0 Å². The van der Waals surface area contributed by atoms with Crippen molar-refractivity contribution in [2.45, 2.75) is 32.8 Å². The topological polar surface area (TPSA) is 123 Å². The van der Waals surface area contributed by atoms with Crippen LogP contribution >= 0.6 is 31.9 Å². The number of hydrogen-bond acceptors (Lipinski definition) is 7. The summed E-state index contributed by atoms with van der Waals surface area (Å²) in [6.45, 7) is 3.86. The van der Waals surface area contributed by atoms with Gasteiger partial charge in [-0.25, -0.2) is 4.98 Å².